The van der Waals surface area contributed by atoms with Crippen LogP contribution in [0.5, 0.6) is 0 Å². The predicted octanol–water partition coefficient (Wildman–Crippen LogP) is 4.04. The molecular weight excluding hydrogens is 542 g/mol. The minimum absolute atomic E-state index is 0.106. The van der Waals surface area contributed by atoms with Crippen molar-refractivity contribution in [2.75, 3.05) is 38.3 Å². The van der Waals surface area contributed by atoms with Gasteiger partial charge in [0.05, 0.1) is 19.3 Å². The number of benzene rings is 1. The highest BCUT2D eigenvalue weighted by Gasteiger charge is 2.39. The fourth-order valence-corrected chi connectivity index (χ4v) is 3.57. The maximum Gasteiger partial charge on any atom is 0.490 e. The van der Waals surface area contributed by atoms with Gasteiger partial charge in [0.15, 0.2) is 0 Å². The van der Waals surface area contributed by atoms with E-state index in [9.17, 15) is 26.3 Å². The van der Waals surface area contributed by atoms with Crippen LogP contribution in [0.1, 0.15) is 24.7 Å². The molecule has 3 N–H and O–H groups in total. The molecule has 0 spiro atoms. The number of para-hydroxylation sites is 1. The van der Waals surface area contributed by atoms with Crippen LogP contribution in [0.25, 0.3) is 0 Å². The van der Waals surface area contributed by atoms with Gasteiger partial charge in [0, 0.05) is 37.7 Å². The molecule has 1 aromatic heterocycles. The van der Waals surface area contributed by atoms with E-state index in [1.54, 1.807) is 0 Å². The lowest BCUT2D eigenvalue weighted by Crippen LogP contribution is -2.48. The number of hydrogen-bond donors (Lipinski definition) is 3. The Morgan fingerprint density at radius 1 is 0.897 bits per heavy atom. The largest absolute Gasteiger partial charge is 0.490 e. The van der Waals surface area contributed by atoms with Gasteiger partial charge in [0.1, 0.15) is 11.6 Å². The third kappa shape index (κ3) is 11.0. The summed E-state index contributed by atoms with van der Waals surface area (Å²) in [4.78, 5) is 29.6. The number of hydrogen-bond acceptors (Lipinski definition) is 8. The Hall–Kier alpha value is -3.50. The zero-order valence-electron chi connectivity index (χ0n) is 20.3. The van der Waals surface area contributed by atoms with E-state index < -0.39 is 24.3 Å². The molecule has 0 saturated carbocycles. The van der Waals surface area contributed by atoms with Crippen LogP contribution in [0.3, 0.4) is 0 Å². The van der Waals surface area contributed by atoms with Gasteiger partial charge in [-0.05, 0) is 31.0 Å². The van der Waals surface area contributed by atoms with Gasteiger partial charge in [-0.2, -0.15) is 26.3 Å². The van der Waals surface area contributed by atoms with Gasteiger partial charge in [0.2, 0.25) is 0 Å². The van der Waals surface area contributed by atoms with Gasteiger partial charge < -0.3 is 25.0 Å². The van der Waals surface area contributed by atoms with Crippen molar-refractivity contribution in [2.24, 2.45) is 0 Å². The zero-order valence-corrected chi connectivity index (χ0v) is 20.3. The molecule has 2 aliphatic rings. The number of carboxylic acid groups (broad SMARTS) is 2. The molecule has 4 rings (SSSR count). The average Bonchev–Trinajstić information content (AvgIpc) is 2.90. The van der Waals surface area contributed by atoms with Crippen LogP contribution in [0.2, 0.25) is 0 Å². The second kappa shape index (κ2) is 14.6. The Bertz CT molecular complexity index is 1030. The number of nitrogens with one attached hydrogen (secondary N) is 1. The normalized spacial score (nSPS) is 18.6. The summed E-state index contributed by atoms with van der Waals surface area (Å²) in [7, 11) is 0. The lowest BCUT2D eigenvalue weighted by Gasteiger charge is -2.41. The van der Waals surface area contributed by atoms with Crippen LogP contribution in [0, 0.1) is 0 Å². The second-order valence-corrected chi connectivity index (χ2v) is 8.07. The van der Waals surface area contributed by atoms with Gasteiger partial charge in [0.25, 0.3) is 0 Å². The number of carboxylic acids is 2. The lowest BCUT2D eigenvalue weighted by molar-refractivity contribution is -0.193. The standard InChI is InChI=1S/C19H24N4O2.2C2HF3O2/c1-2-4-15(5-3-1)21-18-6-9-20-19(22-18)17-14-25-13-10-23(17)16-7-11-24-12-8-16;2*3-2(4,5)1(6)7/h1-6,9,16-17H,7-8,10-14H2,(H,20,21,22);2*(H,6,7). The molecule has 0 aliphatic carbocycles. The van der Waals surface area contributed by atoms with E-state index in [4.69, 9.17) is 34.3 Å². The first kappa shape index (κ1) is 31.7. The van der Waals surface area contributed by atoms with Crippen LogP contribution in [0.15, 0.2) is 42.6 Å². The van der Waals surface area contributed by atoms with E-state index in [0.29, 0.717) is 12.6 Å². The van der Waals surface area contributed by atoms with Crippen molar-refractivity contribution in [1.29, 1.82) is 0 Å². The number of halogens is 6. The number of morpholine rings is 1. The Kier molecular flexibility index (Phi) is 11.9. The van der Waals surface area contributed by atoms with Crippen LogP contribution in [0.4, 0.5) is 37.8 Å². The Labute approximate surface area is 218 Å². The van der Waals surface area contributed by atoms with Crippen LogP contribution in [-0.2, 0) is 19.1 Å². The highest BCUT2D eigenvalue weighted by molar-refractivity contribution is 5.73. The van der Waals surface area contributed by atoms with Crippen LogP contribution in [-0.4, -0.2) is 88.4 Å². The van der Waals surface area contributed by atoms with Crippen molar-refractivity contribution < 1.29 is 55.6 Å². The number of alkyl halides is 6. The number of nitrogens with zero attached hydrogens (tertiary/aromatic N) is 3. The fraction of sp³-hybridized carbons (Fsp3) is 0.478. The summed E-state index contributed by atoms with van der Waals surface area (Å²) in [5.74, 6) is -3.87. The number of aromatic nitrogens is 2. The zero-order chi connectivity index (χ0) is 29.1. The molecule has 1 atom stereocenters. The summed E-state index contributed by atoms with van der Waals surface area (Å²) in [6, 6.07) is 12.6. The maximum atomic E-state index is 10.6. The van der Waals surface area contributed by atoms with Gasteiger partial charge in [-0.25, -0.2) is 19.6 Å². The van der Waals surface area contributed by atoms with Crippen LogP contribution >= 0.6 is 0 Å². The van der Waals surface area contributed by atoms with Crippen molar-refractivity contribution in [3.05, 3.63) is 48.4 Å². The molecule has 0 radical (unpaired) electrons. The molecule has 0 amide bonds. The highest BCUT2D eigenvalue weighted by Crippen LogP contribution is 2.28. The monoisotopic (exact) mass is 568 g/mol. The lowest BCUT2D eigenvalue weighted by atomic mass is 10.0. The molecule has 2 aromatic rings. The average molecular weight is 568 g/mol. The van der Waals surface area contributed by atoms with E-state index >= 15 is 0 Å². The first-order valence-corrected chi connectivity index (χ1v) is 11.5. The molecule has 1 unspecified atom stereocenters. The van der Waals surface area contributed by atoms with Gasteiger partial charge in [-0.1, -0.05) is 18.2 Å². The molecule has 0 bridgehead atoms. The smallest absolute Gasteiger partial charge is 0.475 e. The molecule has 39 heavy (non-hydrogen) atoms. The predicted molar refractivity (Wildman–Crippen MR) is 123 cm³/mol. The number of aliphatic carboxylic acids is 2. The van der Waals surface area contributed by atoms with Crippen molar-refractivity contribution in [2.45, 2.75) is 37.3 Å². The summed E-state index contributed by atoms with van der Waals surface area (Å²) >= 11 is 0. The molecule has 16 heteroatoms. The molecule has 2 aliphatic heterocycles. The van der Waals surface area contributed by atoms with Gasteiger partial charge >= 0.3 is 24.3 Å². The van der Waals surface area contributed by atoms with Crippen molar-refractivity contribution in [1.82, 2.24) is 14.9 Å². The number of rotatable bonds is 4. The van der Waals surface area contributed by atoms with E-state index in [1.807, 2.05) is 42.6 Å². The van der Waals surface area contributed by atoms with E-state index in [-0.39, 0.29) is 6.04 Å². The molecule has 2 fully saturated rings. The van der Waals surface area contributed by atoms with E-state index in [1.165, 1.54) is 0 Å². The summed E-state index contributed by atoms with van der Waals surface area (Å²) < 4.78 is 74.7. The van der Waals surface area contributed by atoms with Gasteiger partial charge in [-0.3, -0.25) is 4.90 Å². The van der Waals surface area contributed by atoms with E-state index in [0.717, 1.165) is 56.5 Å². The Balaban J connectivity index is 0.000000317. The summed E-state index contributed by atoms with van der Waals surface area (Å²) in [5.41, 5.74) is 1.02. The fourth-order valence-electron chi connectivity index (χ4n) is 3.57. The topological polar surface area (TPSA) is 134 Å². The van der Waals surface area contributed by atoms with E-state index in [2.05, 4.69) is 15.2 Å². The number of carbonyl (C=O) groups is 2. The van der Waals surface area contributed by atoms with Crippen molar-refractivity contribution in [3.63, 3.8) is 0 Å². The molecular formula is C23H26F6N4O6. The first-order valence-electron chi connectivity index (χ1n) is 11.5. The third-order valence-electron chi connectivity index (χ3n) is 5.33. The van der Waals surface area contributed by atoms with Crippen molar-refractivity contribution >= 4 is 23.4 Å². The minimum atomic E-state index is -5.08. The van der Waals surface area contributed by atoms with Crippen LogP contribution < -0.4 is 5.32 Å². The van der Waals surface area contributed by atoms with Crippen molar-refractivity contribution in [3.8, 4) is 0 Å². The number of anilines is 2. The maximum absolute atomic E-state index is 10.6. The minimum Gasteiger partial charge on any atom is -0.475 e. The molecule has 216 valence electrons. The van der Waals surface area contributed by atoms with Gasteiger partial charge in [-0.15, -0.1) is 0 Å². The summed E-state index contributed by atoms with van der Waals surface area (Å²) in [6.45, 7) is 4.02. The Morgan fingerprint density at radius 3 is 2.00 bits per heavy atom. The SMILES string of the molecule is O=C(O)C(F)(F)F.O=C(O)C(F)(F)F.c1ccc(Nc2ccnc(C3COCCN3C3CCOCC3)n2)cc1. The first-order chi connectivity index (χ1) is 18.3. The summed E-state index contributed by atoms with van der Waals surface area (Å²) in [5, 5.41) is 17.6. The number of ether oxygens (including phenoxy) is 2. The summed E-state index contributed by atoms with van der Waals surface area (Å²) in [6.07, 6.45) is -6.21. The molecule has 2 saturated heterocycles. The molecule has 3 heterocycles. The third-order valence-corrected chi connectivity index (χ3v) is 5.33. The molecule has 10 nitrogen and oxygen atoms in total. The molecule has 1 aromatic carbocycles. The quantitative estimate of drug-likeness (QED) is 0.464. The highest BCUT2D eigenvalue weighted by atomic mass is 19.4. The Morgan fingerprint density at radius 2 is 1.46 bits per heavy atom. The second-order valence-electron chi connectivity index (χ2n) is 8.07.